The first kappa shape index (κ1) is 5.56. The molecule has 1 aliphatic rings. The summed E-state index contributed by atoms with van der Waals surface area (Å²) < 4.78 is 0. The molecule has 0 heterocycles. The minimum Gasteiger partial charge on any atom is -0.391 e. The van der Waals surface area contributed by atoms with Gasteiger partial charge in [-0.3, -0.25) is 4.79 Å². The Morgan fingerprint density at radius 3 is 2.50 bits per heavy atom. The van der Waals surface area contributed by atoms with Gasteiger partial charge in [-0.25, -0.2) is 0 Å². The molecule has 1 aliphatic carbocycles. The van der Waals surface area contributed by atoms with Crippen LogP contribution in [0.25, 0.3) is 0 Å². The number of nitrogens with one attached hydrogen (secondary N) is 1. The van der Waals surface area contributed by atoms with Crippen LogP contribution in [0.15, 0.2) is 0 Å². The van der Waals surface area contributed by atoms with E-state index < -0.39 is 0 Å². The fourth-order valence-electron chi connectivity index (χ4n) is 0.598. The van der Waals surface area contributed by atoms with Crippen molar-refractivity contribution >= 4 is 5.91 Å². The number of carbonyl (C=O) groups is 1. The molecule has 0 aromatic carbocycles. The molecule has 0 bridgehead atoms. The van der Waals surface area contributed by atoms with Crippen LogP contribution in [-0.2, 0) is 4.79 Å². The van der Waals surface area contributed by atoms with Crippen LogP contribution in [0.3, 0.4) is 0 Å². The highest BCUT2D eigenvalue weighted by Crippen LogP contribution is 2.19. The maximum absolute atomic E-state index is 10.2. The summed E-state index contributed by atoms with van der Waals surface area (Å²) in [6.45, 7) is 1.45. The van der Waals surface area contributed by atoms with Crippen LogP contribution >= 0.6 is 0 Å². The average Bonchev–Trinajstić information content (AvgIpc) is 2.17. The van der Waals surface area contributed by atoms with Gasteiger partial charge >= 0.3 is 0 Å². The van der Waals surface area contributed by atoms with E-state index in [4.69, 9.17) is 5.11 Å². The molecular formula is C5H9NO2. The third kappa shape index (κ3) is 1.20. The summed E-state index contributed by atoms with van der Waals surface area (Å²) in [6, 6.07) is 0.0486. The molecule has 2 N–H and O–H groups in total. The number of amides is 1. The van der Waals surface area contributed by atoms with E-state index in [9.17, 15) is 4.79 Å². The number of rotatable bonds is 1. The van der Waals surface area contributed by atoms with Gasteiger partial charge < -0.3 is 10.4 Å². The van der Waals surface area contributed by atoms with Crippen molar-refractivity contribution in [2.75, 3.05) is 0 Å². The summed E-state index contributed by atoms with van der Waals surface area (Å²) in [5.41, 5.74) is 0. The smallest absolute Gasteiger partial charge is 0.217 e. The quantitative estimate of drug-likeness (QED) is 0.472. The summed E-state index contributed by atoms with van der Waals surface area (Å²) >= 11 is 0. The first-order chi connectivity index (χ1) is 3.70. The molecule has 0 spiro atoms. The molecule has 0 aromatic heterocycles. The van der Waals surface area contributed by atoms with E-state index in [1.807, 2.05) is 0 Å². The molecule has 1 amide bonds. The fourth-order valence-corrected chi connectivity index (χ4v) is 0.598. The molecule has 0 radical (unpaired) electrons. The van der Waals surface area contributed by atoms with Gasteiger partial charge in [-0.1, -0.05) is 0 Å². The summed E-state index contributed by atoms with van der Waals surface area (Å²) in [5.74, 6) is -0.0634. The Hall–Kier alpha value is -0.570. The minimum atomic E-state index is -0.279. The SMILES string of the molecule is CC(=O)NC1CC1O. The van der Waals surface area contributed by atoms with E-state index >= 15 is 0 Å². The topological polar surface area (TPSA) is 49.3 Å². The summed E-state index contributed by atoms with van der Waals surface area (Å²) in [5, 5.41) is 11.2. The van der Waals surface area contributed by atoms with Gasteiger partial charge in [0.25, 0.3) is 0 Å². The van der Waals surface area contributed by atoms with Gasteiger partial charge in [0.2, 0.25) is 5.91 Å². The number of aliphatic hydroxyl groups is 1. The monoisotopic (exact) mass is 115 g/mol. The second-order valence-corrected chi connectivity index (χ2v) is 2.11. The Labute approximate surface area is 47.7 Å². The molecular weight excluding hydrogens is 106 g/mol. The third-order valence-corrected chi connectivity index (χ3v) is 1.15. The molecule has 0 aliphatic heterocycles. The molecule has 1 rings (SSSR count). The van der Waals surface area contributed by atoms with E-state index in [1.54, 1.807) is 0 Å². The number of carbonyl (C=O) groups excluding carboxylic acids is 1. The van der Waals surface area contributed by atoms with Crippen molar-refractivity contribution in [1.29, 1.82) is 0 Å². The zero-order chi connectivity index (χ0) is 6.15. The van der Waals surface area contributed by atoms with E-state index in [1.165, 1.54) is 6.92 Å². The van der Waals surface area contributed by atoms with Crippen molar-refractivity contribution in [2.24, 2.45) is 0 Å². The first-order valence-corrected chi connectivity index (χ1v) is 2.65. The molecule has 1 saturated carbocycles. The maximum Gasteiger partial charge on any atom is 0.217 e. The fraction of sp³-hybridized carbons (Fsp3) is 0.800. The second-order valence-electron chi connectivity index (χ2n) is 2.11. The van der Waals surface area contributed by atoms with Crippen LogP contribution in [0.2, 0.25) is 0 Å². The third-order valence-electron chi connectivity index (χ3n) is 1.15. The minimum absolute atomic E-state index is 0.0486. The van der Waals surface area contributed by atoms with Gasteiger partial charge in [-0.2, -0.15) is 0 Å². The summed E-state index contributed by atoms with van der Waals surface area (Å²) in [6.07, 6.45) is 0.443. The van der Waals surface area contributed by atoms with Gasteiger partial charge in [0.1, 0.15) is 0 Å². The van der Waals surface area contributed by atoms with E-state index in [0.29, 0.717) is 0 Å². The Kier molecular flexibility index (Phi) is 1.21. The van der Waals surface area contributed by atoms with Crippen molar-refractivity contribution in [3.8, 4) is 0 Å². The van der Waals surface area contributed by atoms with Crippen LogP contribution in [-0.4, -0.2) is 23.2 Å². The Morgan fingerprint density at radius 1 is 1.88 bits per heavy atom. The van der Waals surface area contributed by atoms with Gasteiger partial charge in [0.15, 0.2) is 0 Å². The van der Waals surface area contributed by atoms with E-state index in [0.717, 1.165) is 6.42 Å². The Bertz CT molecular complexity index is 113. The molecule has 3 heteroatoms. The van der Waals surface area contributed by atoms with Crippen molar-refractivity contribution < 1.29 is 9.90 Å². The van der Waals surface area contributed by atoms with Crippen molar-refractivity contribution in [3.05, 3.63) is 0 Å². The molecule has 2 unspecified atom stereocenters. The molecule has 1 fully saturated rings. The zero-order valence-corrected chi connectivity index (χ0v) is 4.72. The zero-order valence-electron chi connectivity index (χ0n) is 4.72. The Morgan fingerprint density at radius 2 is 2.38 bits per heavy atom. The number of hydrogen-bond acceptors (Lipinski definition) is 2. The van der Waals surface area contributed by atoms with Gasteiger partial charge in [-0.15, -0.1) is 0 Å². The summed E-state index contributed by atoms with van der Waals surface area (Å²) in [7, 11) is 0. The first-order valence-electron chi connectivity index (χ1n) is 2.65. The average molecular weight is 115 g/mol. The molecule has 0 saturated heterocycles. The van der Waals surface area contributed by atoms with Gasteiger partial charge in [0, 0.05) is 6.92 Å². The van der Waals surface area contributed by atoms with Crippen LogP contribution in [0.5, 0.6) is 0 Å². The molecule has 8 heavy (non-hydrogen) atoms. The highest BCUT2D eigenvalue weighted by molar-refractivity contribution is 5.73. The lowest BCUT2D eigenvalue weighted by atomic mass is 10.6. The van der Waals surface area contributed by atoms with E-state index in [2.05, 4.69) is 5.32 Å². The van der Waals surface area contributed by atoms with E-state index in [-0.39, 0.29) is 18.1 Å². The van der Waals surface area contributed by atoms with Gasteiger partial charge in [0.05, 0.1) is 12.1 Å². The Balaban J connectivity index is 2.14. The number of aliphatic hydroxyl groups excluding tert-OH is 1. The highest BCUT2D eigenvalue weighted by atomic mass is 16.3. The predicted octanol–water partition coefficient (Wildman–Crippen LogP) is -0.744. The van der Waals surface area contributed by atoms with Crippen LogP contribution in [0.1, 0.15) is 13.3 Å². The molecule has 3 nitrogen and oxygen atoms in total. The normalized spacial score (nSPS) is 34.2. The maximum atomic E-state index is 10.2. The predicted molar refractivity (Wildman–Crippen MR) is 28.2 cm³/mol. The van der Waals surface area contributed by atoms with Gasteiger partial charge in [-0.05, 0) is 6.42 Å². The van der Waals surface area contributed by atoms with Crippen molar-refractivity contribution in [1.82, 2.24) is 5.32 Å². The van der Waals surface area contributed by atoms with Crippen LogP contribution in [0.4, 0.5) is 0 Å². The second kappa shape index (κ2) is 1.74. The van der Waals surface area contributed by atoms with Crippen LogP contribution in [0, 0.1) is 0 Å². The summed E-state index contributed by atoms with van der Waals surface area (Å²) in [4.78, 5) is 10.2. The van der Waals surface area contributed by atoms with Crippen molar-refractivity contribution in [3.63, 3.8) is 0 Å². The van der Waals surface area contributed by atoms with Crippen LogP contribution < -0.4 is 5.32 Å². The van der Waals surface area contributed by atoms with Crippen molar-refractivity contribution in [2.45, 2.75) is 25.5 Å². The number of hydrogen-bond donors (Lipinski definition) is 2. The standard InChI is InChI=1S/C5H9NO2/c1-3(7)6-4-2-5(4)8/h4-5,8H,2H2,1H3,(H,6,7). The lowest BCUT2D eigenvalue weighted by molar-refractivity contribution is -0.119. The largest absolute Gasteiger partial charge is 0.391 e. The molecule has 0 aromatic rings. The lowest BCUT2D eigenvalue weighted by Gasteiger charge is -1.93. The molecule has 2 atom stereocenters. The highest BCUT2D eigenvalue weighted by Gasteiger charge is 2.35. The lowest BCUT2D eigenvalue weighted by Crippen LogP contribution is -2.24. The molecule has 46 valence electrons.